The van der Waals surface area contributed by atoms with Gasteiger partial charge in [-0.05, 0) is 56.0 Å². The summed E-state index contributed by atoms with van der Waals surface area (Å²) >= 11 is 1.58. The van der Waals surface area contributed by atoms with Gasteiger partial charge in [0.05, 0.1) is 33.4 Å². The average Bonchev–Trinajstić information content (AvgIpc) is 4.07. The molecule has 3 atom stereocenters. The fraction of sp³-hybridized carbons (Fsp3) is 0.333. The minimum atomic E-state index is -0.868. The fourth-order valence-corrected chi connectivity index (χ4v) is 9.30. The van der Waals surface area contributed by atoms with Crippen LogP contribution in [0.3, 0.4) is 0 Å². The minimum absolute atomic E-state index is 0.0293. The smallest absolute Gasteiger partial charge is 0.243 e. The highest BCUT2D eigenvalue weighted by molar-refractivity contribution is 7.13. The molecule has 1 saturated heterocycles. The van der Waals surface area contributed by atoms with Gasteiger partial charge < -0.3 is 34.8 Å². The van der Waals surface area contributed by atoms with Crippen LogP contribution in [0.4, 0.5) is 5.95 Å². The third-order valence-corrected chi connectivity index (χ3v) is 12.8. The molecule has 2 aliphatic rings. The van der Waals surface area contributed by atoms with E-state index in [2.05, 4.69) is 35.5 Å². The number of H-pyrrole nitrogens is 1. The van der Waals surface area contributed by atoms with Crippen LogP contribution in [0.5, 0.6) is 5.75 Å². The van der Waals surface area contributed by atoms with Crippen molar-refractivity contribution in [2.75, 3.05) is 18.0 Å². The number of aliphatic hydroxyl groups is 1. The number of benzene rings is 2. The lowest BCUT2D eigenvalue weighted by Crippen LogP contribution is -2.52. The molecule has 0 bridgehead atoms. The SMILES string of the molecule is Cc1ncsc1-c1ccc(C(C)(C)NC(=O)[C@@H]2C[C@@H](O)CN2C(=O)[C@@H](c2cc(-c3cnc(N4CCc5[nH]c6nnc(-c7ccccc7O)cc6c5C4)nc3)no2)C(C)C)cc1. The van der Waals surface area contributed by atoms with E-state index in [1.807, 2.05) is 82.6 Å². The number of fused-ring (bicyclic) bond motifs is 3. The maximum absolute atomic E-state index is 14.4. The Labute approximate surface area is 355 Å². The number of carbonyl (C=O) groups excluding carboxylic acids is 2. The first-order valence-electron chi connectivity index (χ1n) is 20.4. The summed E-state index contributed by atoms with van der Waals surface area (Å²) in [6.07, 6.45) is 3.39. The van der Waals surface area contributed by atoms with Crippen LogP contribution in [0.1, 0.15) is 68.3 Å². The van der Waals surface area contributed by atoms with Crippen molar-refractivity contribution in [3.63, 3.8) is 0 Å². The van der Waals surface area contributed by atoms with Crippen molar-refractivity contribution in [2.45, 2.75) is 77.6 Å². The van der Waals surface area contributed by atoms with Crippen molar-refractivity contribution in [3.05, 3.63) is 107 Å². The zero-order valence-corrected chi connectivity index (χ0v) is 35.3. The number of aryl methyl sites for hydroxylation is 1. The molecule has 1 fully saturated rings. The Morgan fingerprint density at radius 1 is 1.00 bits per heavy atom. The summed E-state index contributed by atoms with van der Waals surface area (Å²) in [5.41, 5.74) is 9.14. The van der Waals surface area contributed by atoms with Crippen molar-refractivity contribution in [2.24, 2.45) is 5.92 Å². The van der Waals surface area contributed by atoms with Gasteiger partial charge in [0.25, 0.3) is 0 Å². The Hall–Kier alpha value is -6.52. The molecule has 9 rings (SSSR count). The molecule has 61 heavy (non-hydrogen) atoms. The summed E-state index contributed by atoms with van der Waals surface area (Å²) in [5.74, 6) is -0.576. The molecule has 16 heteroatoms. The second-order valence-corrected chi connectivity index (χ2v) is 17.6. The van der Waals surface area contributed by atoms with Crippen LogP contribution in [-0.4, -0.2) is 87.5 Å². The van der Waals surface area contributed by atoms with Crippen LogP contribution in [0.15, 0.2) is 83.1 Å². The number of rotatable bonds is 10. The van der Waals surface area contributed by atoms with Crippen LogP contribution in [-0.2, 0) is 28.1 Å². The van der Waals surface area contributed by atoms with Gasteiger partial charge in [0.1, 0.15) is 29.2 Å². The van der Waals surface area contributed by atoms with E-state index in [1.165, 1.54) is 4.90 Å². The Bertz CT molecular complexity index is 2740. The molecule has 2 aliphatic heterocycles. The second kappa shape index (κ2) is 15.8. The Morgan fingerprint density at radius 3 is 2.49 bits per heavy atom. The first-order valence-corrected chi connectivity index (χ1v) is 21.2. The molecule has 2 aromatic carbocycles. The normalized spacial score (nSPS) is 17.2. The maximum Gasteiger partial charge on any atom is 0.243 e. The summed E-state index contributed by atoms with van der Waals surface area (Å²) in [4.78, 5) is 50.2. The predicted octanol–water partition coefficient (Wildman–Crippen LogP) is 6.52. The number of hydrogen-bond acceptors (Lipinski definition) is 13. The third kappa shape index (κ3) is 7.61. The first-order chi connectivity index (χ1) is 29.3. The molecule has 0 unspecified atom stereocenters. The number of amides is 2. The van der Waals surface area contributed by atoms with Crippen molar-refractivity contribution in [1.29, 1.82) is 0 Å². The Balaban J connectivity index is 0.886. The van der Waals surface area contributed by atoms with Crippen LogP contribution in [0, 0.1) is 12.8 Å². The fourth-order valence-electron chi connectivity index (χ4n) is 8.49. The number of nitrogens with one attached hydrogen (secondary N) is 2. The number of para-hydroxylation sites is 1. The van der Waals surface area contributed by atoms with E-state index in [1.54, 1.807) is 41.9 Å². The molecule has 0 spiro atoms. The number of aromatic nitrogens is 7. The van der Waals surface area contributed by atoms with Gasteiger partial charge in [-0.1, -0.05) is 55.4 Å². The number of aliphatic hydroxyl groups excluding tert-OH is 1. The largest absolute Gasteiger partial charge is 0.507 e. The number of thiazole rings is 1. The van der Waals surface area contributed by atoms with Crippen LogP contribution in [0.25, 0.3) is 44.0 Å². The number of aromatic hydroxyl groups is 1. The molecular weight excluding hydrogens is 793 g/mol. The molecule has 312 valence electrons. The van der Waals surface area contributed by atoms with E-state index in [0.29, 0.717) is 53.0 Å². The number of likely N-dealkylation sites (tertiary alicyclic amines) is 1. The van der Waals surface area contributed by atoms with Gasteiger partial charge in [-0.15, -0.1) is 21.5 Å². The van der Waals surface area contributed by atoms with Gasteiger partial charge in [-0.3, -0.25) is 9.59 Å². The second-order valence-electron chi connectivity index (χ2n) is 16.7. The standard InChI is InChI=1S/C45H46N10O5S/c1-24(2)39(43(59)55-21-29(56)16-36(55)42(58)50-45(4,5)28-12-10-26(11-13-28)40-25(3)48-23-61-40)38-18-34(53-60-38)27-19-46-44(47-20-27)54-15-14-33-32(22-54)31-17-35(51-52-41(31)49-33)30-8-6-7-9-37(30)57/h6-13,17-20,23-24,29,36,39,56-57H,14-16,21-22H2,1-5H3,(H,49,52)(H,50,58)/t29-,36+,39-/m1/s1. The molecule has 15 nitrogen and oxygen atoms in total. The summed E-state index contributed by atoms with van der Waals surface area (Å²) in [6, 6.07) is 17.9. The number of hydrogen-bond donors (Lipinski definition) is 4. The molecule has 0 radical (unpaired) electrons. The zero-order valence-electron chi connectivity index (χ0n) is 34.5. The van der Waals surface area contributed by atoms with Gasteiger partial charge in [0.2, 0.25) is 17.8 Å². The van der Waals surface area contributed by atoms with Crippen molar-refractivity contribution in [1.82, 2.24) is 45.5 Å². The van der Waals surface area contributed by atoms with E-state index in [-0.39, 0.29) is 36.4 Å². The maximum atomic E-state index is 14.4. The highest BCUT2D eigenvalue weighted by Crippen LogP contribution is 2.36. The molecular formula is C45H46N10O5S. The van der Waals surface area contributed by atoms with Crippen molar-refractivity contribution in [3.8, 4) is 38.7 Å². The number of aromatic amines is 1. The number of anilines is 1. The number of phenols is 1. The lowest BCUT2D eigenvalue weighted by molar-refractivity contribution is -0.141. The van der Waals surface area contributed by atoms with E-state index >= 15 is 0 Å². The molecule has 5 aromatic heterocycles. The molecule has 7 heterocycles. The lowest BCUT2D eigenvalue weighted by Gasteiger charge is -2.32. The minimum Gasteiger partial charge on any atom is -0.507 e. The van der Waals surface area contributed by atoms with Crippen LogP contribution >= 0.6 is 11.3 Å². The van der Waals surface area contributed by atoms with E-state index in [9.17, 15) is 19.8 Å². The molecule has 2 amide bonds. The molecule has 0 saturated carbocycles. The van der Waals surface area contributed by atoms with Crippen LogP contribution < -0.4 is 10.2 Å². The quantitative estimate of drug-likeness (QED) is 0.116. The average molecular weight is 839 g/mol. The predicted molar refractivity (Wildman–Crippen MR) is 230 cm³/mol. The highest BCUT2D eigenvalue weighted by Gasteiger charge is 2.44. The van der Waals surface area contributed by atoms with Gasteiger partial charge in [-0.2, -0.15) is 0 Å². The zero-order chi connectivity index (χ0) is 42.6. The topological polar surface area (TPSA) is 199 Å². The number of carbonyl (C=O) groups is 2. The third-order valence-electron chi connectivity index (χ3n) is 11.8. The van der Waals surface area contributed by atoms with Gasteiger partial charge >= 0.3 is 0 Å². The first kappa shape index (κ1) is 39.9. The number of β-amino-alcohol motifs (C(OH)–C–C–N with tert-alkyl or cyclic N) is 1. The Morgan fingerprint density at radius 2 is 1.77 bits per heavy atom. The lowest BCUT2D eigenvalue weighted by atomic mass is 9.90. The molecule has 7 aromatic rings. The summed E-state index contributed by atoms with van der Waals surface area (Å²) < 4.78 is 5.83. The Kier molecular flexibility index (Phi) is 10.4. The number of phenolic OH excluding ortho intramolecular Hbond substituents is 1. The highest BCUT2D eigenvalue weighted by atomic mass is 32.1. The van der Waals surface area contributed by atoms with Gasteiger partial charge in [0.15, 0.2) is 5.65 Å². The monoisotopic (exact) mass is 838 g/mol. The van der Waals surface area contributed by atoms with Gasteiger partial charge in [-0.25, -0.2) is 15.0 Å². The van der Waals surface area contributed by atoms with E-state index in [0.717, 1.165) is 44.8 Å². The summed E-state index contributed by atoms with van der Waals surface area (Å²) in [6.45, 7) is 10.9. The van der Waals surface area contributed by atoms with Crippen LogP contribution in [0.2, 0.25) is 0 Å². The van der Waals surface area contributed by atoms with E-state index < -0.39 is 23.6 Å². The molecule has 4 N–H and O–H groups in total. The van der Waals surface area contributed by atoms with Crippen molar-refractivity contribution >= 4 is 40.1 Å². The molecule has 0 aliphatic carbocycles. The summed E-state index contributed by atoms with van der Waals surface area (Å²) in [7, 11) is 0. The van der Waals surface area contributed by atoms with E-state index in [4.69, 9.17) is 14.5 Å². The summed E-state index contributed by atoms with van der Waals surface area (Å²) in [5, 5.41) is 38.4. The van der Waals surface area contributed by atoms with Crippen molar-refractivity contribution < 1.29 is 24.3 Å². The van der Waals surface area contributed by atoms with Gasteiger partial charge in [0, 0.05) is 78.7 Å². The number of nitrogens with zero attached hydrogens (tertiary/aromatic N) is 8.